The lowest BCUT2D eigenvalue weighted by Gasteiger charge is -2.32. The second-order valence-electron chi connectivity index (χ2n) is 6.03. The van der Waals surface area contributed by atoms with Crippen molar-refractivity contribution in [2.45, 2.75) is 52.4 Å². The van der Waals surface area contributed by atoms with Crippen LogP contribution in [0.5, 0.6) is 0 Å². The maximum absolute atomic E-state index is 6.02. The minimum Gasteiger partial charge on any atom is -0.399 e. The van der Waals surface area contributed by atoms with Gasteiger partial charge in [0.25, 0.3) is 0 Å². The zero-order chi connectivity index (χ0) is 14.3. The molecule has 0 saturated carbocycles. The fourth-order valence-electron chi connectivity index (χ4n) is 2.01. The maximum atomic E-state index is 6.02. The van der Waals surface area contributed by atoms with Crippen molar-refractivity contribution < 1.29 is 14.0 Å². The van der Waals surface area contributed by atoms with Crippen molar-refractivity contribution in [3.63, 3.8) is 0 Å². The predicted octanol–water partition coefficient (Wildman–Crippen LogP) is 1.84. The molecule has 4 nitrogen and oxygen atoms in total. The van der Waals surface area contributed by atoms with Gasteiger partial charge in [-0.1, -0.05) is 6.07 Å². The third kappa shape index (κ3) is 2.68. The Balaban J connectivity index is 2.27. The Morgan fingerprint density at radius 3 is 2.32 bits per heavy atom. The average Bonchev–Trinajstić information content (AvgIpc) is 2.51. The molecular weight excluding hydrogens is 241 g/mol. The van der Waals surface area contributed by atoms with Crippen molar-refractivity contribution in [1.82, 2.24) is 4.98 Å². The van der Waals surface area contributed by atoms with E-state index in [0.717, 1.165) is 16.7 Å². The first-order valence-electron chi connectivity index (χ1n) is 6.57. The number of pyridine rings is 1. The van der Waals surface area contributed by atoms with Crippen molar-refractivity contribution >= 4 is 12.6 Å². The second-order valence-corrected chi connectivity index (χ2v) is 6.03. The van der Waals surface area contributed by atoms with E-state index in [1.165, 1.54) is 0 Å². The zero-order valence-electron chi connectivity index (χ0n) is 12.6. The van der Waals surface area contributed by atoms with Gasteiger partial charge in [-0.3, -0.25) is 4.98 Å². The van der Waals surface area contributed by atoms with E-state index in [1.54, 1.807) is 7.11 Å². The summed E-state index contributed by atoms with van der Waals surface area (Å²) in [6.45, 7) is 10.7. The standard InChI is InChI=1S/C14H22BNO3/c1-10-11(9-17-6)7-12(8-16-10)15-18-13(2,3)14(4,5)19-15/h7-8H,9H2,1-6H3. The summed E-state index contributed by atoms with van der Waals surface area (Å²) in [5, 5.41) is 0. The number of aryl methyl sites for hydroxylation is 1. The van der Waals surface area contributed by atoms with Gasteiger partial charge in [0.1, 0.15) is 0 Å². The molecule has 1 aromatic rings. The van der Waals surface area contributed by atoms with Crippen LogP contribution in [0.25, 0.3) is 0 Å². The summed E-state index contributed by atoms with van der Waals surface area (Å²) < 4.78 is 17.2. The molecule has 1 aromatic heterocycles. The van der Waals surface area contributed by atoms with Crippen LogP contribution >= 0.6 is 0 Å². The minimum absolute atomic E-state index is 0.329. The molecule has 19 heavy (non-hydrogen) atoms. The summed E-state index contributed by atoms with van der Waals surface area (Å²) in [4.78, 5) is 4.40. The molecule has 0 spiro atoms. The molecule has 5 heteroatoms. The van der Waals surface area contributed by atoms with E-state index < -0.39 is 0 Å². The van der Waals surface area contributed by atoms with Crippen LogP contribution in [-0.2, 0) is 20.7 Å². The smallest absolute Gasteiger partial charge is 0.399 e. The molecule has 0 atom stereocenters. The fraction of sp³-hybridized carbons (Fsp3) is 0.643. The van der Waals surface area contributed by atoms with E-state index in [-0.39, 0.29) is 18.3 Å². The molecule has 0 bridgehead atoms. The molecule has 0 aliphatic carbocycles. The number of hydrogen-bond acceptors (Lipinski definition) is 4. The second kappa shape index (κ2) is 4.89. The monoisotopic (exact) mass is 263 g/mol. The lowest BCUT2D eigenvalue weighted by Crippen LogP contribution is -2.41. The lowest BCUT2D eigenvalue weighted by atomic mass is 9.79. The molecule has 0 unspecified atom stereocenters. The van der Waals surface area contributed by atoms with Crippen LogP contribution in [0.15, 0.2) is 12.3 Å². The van der Waals surface area contributed by atoms with Crippen LogP contribution in [0.2, 0.25) is 0 Å². The van der Waals surface area contributed by atoms with E-state index in [4.69, 9.17) is 14.0 Å². The Hall–Kier alpha value is -0.905. The van der Waals surface area contributed by atoms with Gasteiger partial charge in [0.2, 0.25) is 0 Å². The van der Waals surface area contributed by atoms with E-state index in [1.807, 2.05) is 46.9 Å². The largest absolute Gasteiger partial charge is 0.496 e. The van der Waals surface area contributed by atoms with Gasteiger partial charge in [0, 0.05) is 24.5 Å². The van der Waals surface area contributed by atoms with Crippen molar-refractivity contribution in [3.8, 4) is 0 Å². The van der Waals surface area contributed by atoms with Gasteiger partial charge in [-0.15, -0.1) is 0 Å². The number of hydrogen-bond donors (Lipinski definition) is 0. The van der Waals surface area contributed by atoms with Crippen LogP contribution < -0.4 is 5.46 Å². The molecule has 1 aliphatic heterocycles. The average molecular weight is 263 g/mol. The summed E-state index contributed by atoms with van der Waals surface area (Å²) in [6.07, 6.45) is 1.82. The van der Waals surface area contributed by atoms with Crippen LogP contribution in [-0.4, -0.2) is 30.4 Å². The first-order chi connectivity index (χ1) is 8.77. The molecular formula is C14H22BNO3. The molecule has 0 N–H and O–H groups in total. The normalized spacial score (nSPS) is 20.8. The highest BCUT2D eigenvalue weighted by molar-refractivity contribution is 6.62. The topological polar surface area (TPSA) is 40.6 Å². The molecule has 2 heterocycles. The Kier molecular flexibility index (Phi) is 3.73. The van der Waals surface area contributed by atoms with Gasteiger partial charge < -0.3 is 14.0 Å². The Labute approximate surface area is 115 Å². The first-order valence-corrected chi connectivity index (χ1v) is 6.57. The maximum Gasteiger partial charge on any atom is 0.496 e. The molecule has 1 fully saturated rings. The van der Waals surface area contributed by atoms with Gasteiger partial charge in [0.15, 0.2) is 0 Å². The Bertz CT molecular complexity index is 458. The van der Waals surface area contributed by atoms with E-state index in [0.29, 0.717) is 6.61 Å². The fourth-order valence-corrected chi connectivity index (χ4v) is 2.01. The summed E-state index contributed by atoms with van der Waals surface area (Å²) in [5.74, 6) is 0. The number of aromatic nitrogens is 1. The summed E-state index contributed by atoms with van der Waals surface area (Å²) in [5.41, 5.74) is 2.32. The quantitative estimate of drug-likeness (QED) is 0.780. The van der Waals surface area contributed by atoms with Crippen molar-refractivity contribution in [2.24, 2.45) is 0 Å². The molecule has 0 amide bonds. The van der Waals surface area contributed by atoms with Crippen molar-refractivity contribution in [1.29, 1.82) is 0 Å². The molecule has 104 valence electrons. The minimum atomic E-state index is -0.367. The van der Waals surface area contributed by atoms with Crippen LogP contribution in [0.1, 0.15) is 39.0 Å². The summed E-state index contributed by atoms with van der Waals surface area (Å²) >= 11 is 0. The van der Waals surface area contributed by atoms with Crippen LogP contribution in [0.4, 0.5) is 0 Å². The first kappa shape index (κ1) is 14.5. The molecule has 0 radical (unpaired) electrons. The van der Waals surface area contributed by atoms with Gasteiger partial charge in [-0.2, -0.15) is 0 Å². The highest BCUT2D eigenvalue weighted by Gasteiger charge is 2.51. The third-order valence-electron chi connectivity index (χ3n) is 4.04. The van der Waals surface area contributed by atoms with Crippen LogP contribution in [0.3, 0.4) is 0 Å². The van der Waals surface area contributed by atoms with Crippen LogP contribution in [0, 0.1) is 6.92 Å². The lowest BCUT2D eigenvalue weighted by molar-refractivity contribution is 0.00578. The molecule has 2 rings (SSSR count). The van der Waals surface area contributed by atoms with E-state index >= 15 is 0 Å². The van der Waals surface area contributed by atoms with Gasteiger partial charge in [-0.05, 0) is 40.2 Å². The van der Waals surface area contributed by atoms with Gasteiger partial charge in [0.05, 0.1) is 17.8 Å². The number of methoxy groups -OCH3 is 1. The highest BCUT2D eigenvalue weighted by Crippen LogP contribution is 2.36. The van der Waals surface area contributed by atoms with Crippen molar-refractivity contribution in [3.05, 3.63) is 23.5 Å². The Morgan fingerprint density at radius 2 is 1.79 bits per heavy atom. The zero-order valence-corrected chi connectivity index (χ0v) is 12.6. The third-order valence-corrected chi connectivity index (χ3v) is 4.04. The van der Waals surface area contributed by atoms with E-state index in [9.17, 15) is 0 Å². The van der Waals surface area contributed by atoms with Crippen molar-refractivity contribution in [2.75, 3.05) is 7.11 Å². The van der Waals surface area contributed by atoms with Gasteiger partial charge >= 0.3 is 7.12 Å². The highest BCUT2D eigenvalue weighted by atomic mass is 16.7. The summed E-state index contributed by atoms with van der Waals surface area (Å²) in [7, 11) is 1.31. The van der Waals surface area contributed by atoms with Gasteiger partial charge in [-0.25, -0.2) is 0 Å². The SMILES string of the molecule is COCc1cc(B2OC(C)(C)C(C)(C)O2)cnc1C. The molecule has 1 aliphatic rings. The predicted molar refractivity (Wildman–Crippen MR) is 75.4 cm³/mol. The number of nitrogens with zero attached hydrogens (tertiary/aromatic N) is 1. The molecule has 0 aromatic carbocycles. The molecule has 1 saturated heterocycles. The summed E-state index contributed by atoms with van der Waals surface area (Å²) in [6, 6.07) is 2.05. The van der Waals surface area contributed by atoms with E-state index in [2.05, 4.69) is 4.98 Å². The number of ether oxygens (including phenoxy) is 1. The Morgan fingerprint density at radius 1 is 1.21 bits per heavy atom. The number of rotatable bonds is 3.